The van der Waals surface area contributed by atoms with Crippen LogP contribution in [-0.4, -0.2) is 30.2 Å². The highest BCUT2D eigenvalue weighted by Gasteiger charge is 2.15. The number of carbonyl (C=O) groups excluding carboxylic acids is 2. The highest BCUT2D eigenvalue weighted by Crippen LogP contribution is 2.23. The third-order valence-corrected chi connectivity index (χ3v) is 4.29. The molecule has 0 aliphatic carbocycles. The van der Waals surface area contributed by atoms with Gasteiger partial charge < -0.3 is 9.64 Å². The molecule has 0 aliphatic rings. The van der Waals surface area contributed by atoms with Gasteiger partial charge in [0, 0.05) is 11.4 Å². The van der Waals surface area contributed by atoms with Crippen LogP contribution >= 0.6 is 22.9 Å². The minimum absolute atomic E-state index is 0.141. The topological polar surface area (TPSA) is 46.6 Å². The molecule has 0 saturated heterocycles. The molecule has 23 heavy (non-hydrogen) atoms. The largest absolute Gasteiger partial charge is 0.483 e. The summed E-state index contributed by atoms with van der Waals surface area (Å²) in [6.07, 6.45) is 2.36. The summed E-state index contributed by atoms with van der Waals surface area (Å²) in [5, 5.41) is 0. The summed E-state index contributed by atoms with van der Waals surface area (Å²) in [5.41, 5.74) is 0.417. The van der Waals surface area contributed by atoms with Gasteiger partial charge in [0.15, 0.2) is 12.9 Å². The summed E-state index contributed by atoms with van der Waals surface area (Å²) in [6, 6.07) is 10.5. The van der Waals surface area contributed by atoms with Gasteiger partial charge in [-0.2, -0.15) is 0 Å². The maximum Gasteiger partial charge on any atom is 0.261 e. The molecular formula is C17H16ClNO3S. The normalized spacial score (nSPS) is 10.1. The van der Waals surface area contributed by atoms with E-state index in [0.717, 1.165) is 4.88 Å². The van der Waals surface area contributed by atoms with Crippen LogP contribution in [-0.2, 0) is 11.3 Å². The average Bonchev–Trinajstić information content (AvgIpc) is 2.97. The Morgan fingerprint density at radius 2 is 2.09 bits per heavy atom. The molecule has 0 radical (unpaired) electrons. The lowest BCUT2D eigenvalue weighted by atomic mass is 10.2. The van der Waals surface area contributed by atoms with Crippen LogP contribution in [0.4, 0.5) is 0 Å². The van der Waals surface area contributed by atoms with Gasteiger partial charge in [-0.15, -0.1) is 17.9 Å². The van der Waals surface area contributed by atoms with Gasteiger partial charge in [0.2, 0.25) is 0 Å². The Hall–Kier alpha value is -2.11. The second-order valence-electron chi connectivity index (χ2n) is 4.71. The van der Waals surface area contributed by atoms with Crippen molar-refractivity contribution in [3.05, 3.63) is 63.8 Å². The summed E-state index contributed by atoms with van der Waals surface area (Å²) in [7, 11) is 0. The molecule has 1 heterocycles. The first-order chi connectivity index (χ1) is 11.1. The molecular weight excluding hydrogens is 334 g/mol. The number of rotatable bonds is 8. The first-order valence-electron chi connectivity index (χ1n) is 6.94. The number of carbonyl (C=O) groups is 2. The number of hydrogen-bond acceptors (Lipinski definition) is 4. The van der Waals surface area contributed by atoms with Crippen molar-refractivity contribution in [2.24, 2.45) is 0 Å². The highest BCUT2D eigenvalue weighted by atomic mass is 35.5. The molecule has 6 heteroatoms. The summed E-state index contributed by atoms with van der Waals surface area (Å²) < 4.78 is 6.16. The number of nitrogens with zero attached hydrogens (tertiary/aromatic N) is 1. The van der Waals surface area contributed by atoms with Gasteiger partial charge in [0.05, 0.1) is 16.4 Å². The van der Waals surface area contributed by atoms with Crippen LogP contribution < -0.4 is 4.74 Å². The van der Waals surface area contributed by atoms with Gasteiger partial charge in [-0.25, -0.2) is 0 Å². The van der Waals surface area contributed by atoms with Gasteiger partial charge in [0.25, 0.3) is 5.91 Å². The molecule has 120 valence electrons. The van der Waals surface area contributed by atoms with E-state index in [0.29, 0.717) is 35.0 Å². The van der Waals surface area contributed by atoms with E-state index in [1.165, 1.54) is 11.3 Å². The van der Waals surface area contributed by atoms with Crippen LogP contribution in [0, 0.1) is 0 Å². The second kappa shape index (κ2) is 8.50. The Kier molecular flexibility index (Phi) is 6.38. The third kappa shape index (κ3) is 4.94. The van der Waals surface area contributed by atoms with Crippen molar-refractivity contribution in [2.45, 2.75) is 6.54 Å². The Morgan fingerprint density at radius 3 is 2.74 bits per heavy atom. The lowest BCUT2D eigenvalue weighted by Crippen LogP contribution is -2.34. The number of ether oxygens (including phenoxy) is 1. The van der Waals surface area contributed by atoms with Crippen LogP contribution in [0.3, 0.4) is 0 Å². The van der Waals surface area contributed by atoms with Crippen LogP contribution in [0.2, 0.25) is 4.34 Å². The molecule has 0 aliphatic heterocycles. The third-order valence-electron chi connectivity index (χ3n) is 3.07. The van der Waals surface area contributed by atoms with E-state index in [2.05, 4.69) is 6.58 Å². The standard InChI is InChI=1S/C17H16ClNO3S/c1-2-9-19(10-14-7-8-16(18)23-14)17(21)12-22-15-6-4-3-5-13(15)11-20/h2-8,11H,1,9-10,12H2. The molecule has 1 amide bonds. The molecule has 2 rings (SSSR count). The van der Waals surface area contributed by atoms with Crippen molar-refractivity contribution in [3.8, 4) is 5.75 Å². The van der Waals surface area contributed by atoms with Crippen molar-refractivity contribution in [3.63, 3.8) is 0 Å². The fraction of sp³-hybridized carbons (Fsp3) is 0.176. The molecule has 0 bridgehead atoms. The molecule has 0 unspecified atom stereocenters. The van der Waals surface area contributed by atoms with Gasteiger partial charge in [-0.05, 0) is 24.3 Å². The van der Waals surface area contributed by atoms with E-state index < -0.39 is 0 Å². The van der Waals surface area contributed by atoms with Crippen LogP contribution in [0.15, 0.2) is 49.1 Å². The second-order valence-corrected chi connectivity index (χ2v) is 6.51. The Bertz CT molecular complexity index is 699. The van der Waals surface area contributed by atoms with Gasteiger partial charge in [-0.3, -0.25) is 9.59 Å². The maximum atomic E-state index is 12.4. The summed E-state index contributed by atoms with van der Waals surface area (Å²) in [6.45, 7) is 4.39. The van der Waals surface area contributed by atoms with Crippen molar-refractivity contribution >= 4 is 35.1 Å². The number of para-hydroxylation sites is 1. The lowest BCUT2D eigenvalue weighted by molar-refractivity contribution is -0.133. The van der Waals surface area contributed by atoms with E-state index >= 15 is 0 Å². The zero-order chi connectivity index (χ0) is 16.7. The number of aldehydes is 1. The number of benzene rings is 1. The SMILES string of the molecule is C=CCN(Cc1ccc(Cl)s1)C(=O)COc1ccccc1C=O. The van der Waals surface area contributed by atoms with Gasteiger partial charge in [0.1, 0.15) is 5.75 Å². The van der Waals surface area contributed by atoms with Crippen molar-refractivity contribution in [1.29, 1.82) is 0 Å². The van der Waals surface area contributed by atoms with Crippen molar-refractivity contribution in [2.75, 3.05) is 13.2 Å². The van der Waals surface area contributed by atoms with E-state index in [-0.39, 0.29) is 12.5 Å². The van der Waals surface area contributed by atoms with E-state index in [9.17, 15) is 9.59 Å². The van der Waals surface area contributed by atoms with Crippen molar-refractivity contribution in [1.82, 2.24) is 4.90 Å². The number of hydrogen-bond donors (Lipinski definition) is 0. The highest BCUT2D eigenvalue weighted by molar-refractivity contribution is 7.16. The average molecular weight is 350 g/mol. The zero-order valence-electron chi connectivity index (χ0n) is 12.4. The zero-order valence-corrected chi connectivity index (χ0v) is 14.0. The molecule has 4 nitrogen and oxygen atoms in total. The first kappa shape index (κ1) is 17.2. The molecule has 0 atom stereocenters. The van der Waals surface area contributed by atoms with E-state index in [4.69, 9.17) is 16.3 Å². The Labute approximate surface area is 143 Å². The number of thiophene rings is 1. The molecule has 2 aromatic rings. The molecule has 0 fully saturated rings. The Morgan fingerprint density at radius 1 is 1.30 bits per heavy atom. The van der Waals surface area contributed by atoms with Crippen molar-refractivity contribution < 1.29 is 14.3 Å². The van der Waals surface area contributed by atoms with Gasteiger partial charge in [-0.1, -0.05) is 29.8 Å². The van der Waals surface area contributed by atoms with E-state index in [1.54, 1.807) is 41.3 Å². The molecule has 1 aromatic carbocycles. The molecule has 0 N–H and O–H groups in total. The summed E-state index contributed by atoms with van der Waals surface area (Å²) in [4.78, 5) is 25.9. The van der Waals surface area contributed by atoms with Crippen LogP contribution in [0.5, 0.6) is 5.75 Å². The maximum absolute atomic E-state index is 12.4. The lowest BCUT2D eigenvalue weighted by Gasteiger charge is -2.20. The van der Waals surface area contributed by atoms with E-state index in [1.807, 2.05) is 6.07 Å². The minimum Gasteiger partial charge on any atom is -0.483 e. The van der Waals surface area contributed by atoms with Crippen LogP contribution in [0.25, 0.3) is 0 Å². The molecule has 1 aromatic heterocycles. The summed E-state index contributed by atoms with van der Waals surface area (Å²) in [5.74, 6) is 0.212. The predicted molar refractivity (Wildman–Crippen MR) is 92.3 cm³/mol. The predicted octanol–water partition coefficient (Wildman–Crippen LogP) is 3.81. The molecule has 0 saturated carbocycles. The minimum atomic E-state index is -0.185. The van der Waals surface area contributed by atoms with Gasteiger partial charge >= 0.3 is 0 Å². The fourth-order valence-electron chi connectivity index (χ4n) is 1.98. The van der Waals surface area contributed by atoms with Crippen LogP contribution in [0.1, 0.15) is 15.2 Å². The monoisotopic (exact) mass is 349 g/mol. The summed E-state index contributed by atoms with van der Waals surface area (Å²) >= 11 is 7.34. The molecule has 0 spiro atoms. The number of amides is 1. The fourth-order valence-corrected chi connectivity index (χ4v) is 3.08. The quantitative estimate of drug-likeness (QED) is 0.538. The smallest absolute Gasteiger partial charge is 0.261 e. The Balaban J connectivity index is 2.00. The first-order valence-corrected chi connectivity index (χ1v) is 8.13. The number of halogens is 1.